The van der Waals surface area contributed by atoms with Crippen LogP contribution in [-0.2, 0) is 9.84 Å². The summed E-state index contributed by atoms with van der Waals surface area (Å²) in [6, 6.07) is 8.99. The Morgan fingerprint density at radius 2 is 1.95 bits per heavy atom. The molecular formula is C29H38ClN5O3S. The lowest BCUT2D eigenvalue weighted by Gasteiger charge is -2.30. The van der Waals surface area contributed by atoms with Crippen molar-refractivity contribution < 1.29 is 18.6 Å². The largest absolute Gasteiger partial charge is 0.489 e. The van der Waals surface area contributed by atoms with Gasteiger partial charge >= 0.3 is 0 Å². The van der Waals surface area contributed by atoms with Crippen LogP contribution in [-0.4, -0.2) is 42.2 Å². The van der Waals surface area contributed by atoms with E-state index >= 15 is 0 Å². The van der Waals surface area contributed by atoms with Gasteiger partial charge in [0.05, 0.1) is 35.2 Å². The first-order valence-corrected chi connectivity index (χ1v) is 14.7. The van der Waals surface area contributed by atoms with Gasteiger partial charge in [0.25, 0.3) is 0 Å². The molecule has 1 aromatic heterocycles. The Kier molecular flexibility index (Phi) is 7.44. The van der Waals surface area contributed by atoms with Gasteiger partial charge in [0, 0.05) is 10.1 Å². The van der Waals surface area contributed by atoms with E-state index in [4.69, 9.17) is 21.8 Å². The Hall–Kier alpha value is -2.88. The second kappa shape index (κ2) is 12.1. The Balaban J connectivity index is 1.71. The number of aryl methyl sites for hydroxylation is 1. The number of benzene rings is 2. The molecule has 0 spiro atoms. The molecule has 0 saturated carbocycles. The van der Waals surface area contributed by atoms with Gasteiger partial charge in [-0.05, 0) is 102 Å². The number of ether oxygens (including phenoxy) is 1. The summed E-state index contributed by atoms with van der Waals surface area (Å²) in [5, 5.41) is 8.48. The van der Waals surface area contributed by atoms with E-state index in [-0.39, 0.29) is 34.0 Å². The lowest BCUT2D eigenvalue weighted by atomic mass is 9.84. The number of piperidine rings is 1. The molecule has 2 aromatic carbocycles. The summed E-state index contributed by atoms with van der Waals surface area (Å²) in [4.78, 5) is 8.92. The van der Waals surface area contributed by atoms with E-state index < -0.39 is 33.7 Å². The minimum absolute atomic E-state index is 0.125. The van der Waals surface area contributed by atoms with Gasteiger partial charge in [0.15, 0.2) is 15.7 Å². The van der Waals surface area contributed by atoms with Crippen molar-refractivity contribution in [3.8, 4) is 5.75 Å². The first-order chi connectivity index (χ1) is 19.8. The fourth-order valence-corrected chi connectivity index (χ4v) is 5.76. The van der Waals surface area contributed by atoms with E-state index in [0.717, 1.165) is 11.1 Å². The molecule has 4 rings (SSSR count). The number of halogens is 1. The number of para-hydroxylation sites is 1. The van der Waals surface area contributed by atoms with E-state index in [0.29, 0.717) is 23.5 Å². The van der Waals surface area contributed by atoms with Gasteiger partial charge in [-0.1, -0.05) is 23.7 Å². The average molecular weight is 576 g/mol. The van der Waals surface area contributed by atoms with Crippen LogP contribution in [0.1, 0.15) is 70.0 Å². The first-order valence-electron chi connectivity index (χ1n) is 14.8. The summed E-state index contributed by atoms with van der Waals surface area (Å²) >= 11 is 6.41. The van der Waals surface area contributed by atoms with Crippen molar-refractivity contribution in [2.45, 2.75) is 82.5 Å². The van der Waals surface area contributed by atoms with Crippen LogP contribution < -0.4 is 20.7 Å². The van der Waals surface area contributed by atoms with Crippen molar-refractivity contribution in [2.24, 2.45) is 0 Å². The molecule has 1 aliphatic rings. The summed E-state index contributed by atoms with van der Waals surface area (Å²) < 4.78 is 65.4. The third-order valence-corrected chi connectivity index (χ3v) is 8.87. The predicted octanol–water partition coefficient (Wildman–Crippen LogP) is 6.75. The average Bonchev–Trinajstić information content (AvgIpc) is 2.85. The number of sulfone groups is 1. The molecule has 2 unspecified atom stereocenters. The van der Waals surface area contributed by atoms with Crippen molar-refractivity contribution >= 4 is 44.6 Å². The fraction of sp³-hybridized carbons (Fsp3) is 0.448. The van der Waals surface area contributed by atoms with Gasteiger partial charge < -0.3 is 20.7 Å². The second-order valence-corrected chi connectivity index (χ2v) is 13.0. The number of aromatic nitrogens is 2. The number of rotatable bonds is 9. The molecule has 1 aliphatic heterocycles. The monoisotopic (exact) mass is 575 g/mol. The quantitative estimate of drug-likeness (QED) is 0.257. The number of anilines is 4. The molecular weight excluding hydrogens is 534 g/mol. The maximum atomic E-state index is 13.0. The maximum Gasteiger partial charge on any atom is 0.229 e. The normalized spacial score (nSPS) is 22.8. The highest BCUT2D eigenvalue weighted by Gasteiger charge is 2.25. The van der Waals surface area contributed by atoms with Gasteiger partial charge in [-0.25, -0.2) is 13.4 Å². The highest BCUT2D eigenvalue weighted by Crippen LogP contribution is 2.38. The van der Waals surface area contributed by atoms with E-state index in [9.17, 15) is 8.42 Å². The van der Waals surface area contributed by atoms with Crippen LogP contribution in [0.2, 0.25) is 5.02 Å². The Morgan fingerprint density at radius 1 is 1.21 bits per heavy atom. The van der Waals surface area contributed by atoms with E-state index in [1.54, 1.807) is 58.9 Å². The Bertz CT molecular complexity index is 1600. The van der Waals surface area contributed by atoms with Gasteiger partial charge in [0.1, 0.15) is 10.8 Å². The minimum atomic E-state index is -3.59. The molecule has 0 bridgehead atoms. The summed E-state index contributed by atoms with van der Waals surface area (Å²) in [6.07, 6.45) is 0.672. The fourth-order valence-electron chi connectivity index (χ4n) is 4.42. The SMILES string of the molecule is [2H]C1([2H])CC(c2cc(OC([2H])(C)C)c(Nc3ncc(Cl)c(Nc4ccccc4S(=O)(=O)C(C)C)n3)cc2C)CC([2H])(C)N1. The summed E-state index contributed by atoms with van der Waals surface area (Å²) in [7, 11) is -3.59. The highest BCUT2D eigenvalue weighted by molar-refractivity contribution is 7.92. The molecule has 210 valence electrons. The van der Waals surface area contributed by atoms with Crippen LogP contribution in [0, 0.1) is 6.92 Å². The molecule has 0 amide bonds. The topological polar surface area (TPSA) is 105 Å². The van der Waals surface area contributed by atoms with Crippen LogP contribution in [0.3, 0.4) is 0 Å². The molecule has 2 heterocycles. The molecule has 39 heavy (non-hydrogen) atoms. The molecule has 1 fully saturated rings. The molecule has 1 saturated heterocycles. The first kappa shape index (κ1) is 24.0. The van der Waals surface area contributed by atoms with Crippen LogP contribution in [0.5, 0.6) is 5.75 Å². The highest BCUT2D eigenvalue weighted by atomic mass is 35.5. The van der Waals surface area contributed by atoms with Crippen molar-refractivity contribution in [2.75, 3.05) is 17.1 Å². The van der Waals surface area contributed by atoms with Crippen molar-refractivity contribution in [1.29, 1.82) is 0 Å². The predicted molar refractivity (Wildman–Crippen MR) is 159 cm³/mol. The number of hydrogen-bond acceptors (Lipinski definition) is 8. The van der Waals surface area contributed by atoms with Crippen molar-refractivity contribution in [3.63, 3.8) is 0 Å². The zero-order valence-electron chi connectivity index (χ0n) is 27.0. The lowest BCUT2D eigenvalue weighted by Crippen LogP contribution is -2.35. The van der Waals surface area contributed by atoms with Crippen LogP contribution in [0.25, 0.3) is 0 Å². The van der Waals surface area contributed by atoms with Crippen LogP contribution >= 0.6 is 11.6 Å². The van der Waals surface area contributed by atoms with Crippen LogP contribution in [0.4, 0.5) is 23.1 Å². The summed E-state index contributed by atoms with van der Waals surface area (Å²) in [5.74, 6) is 0.420. The standard InChI is InChI=1S/C29H38ClN5O3S/c1-17(2)38-26-15-22(21-11-12-31-20(6)14-21)19(5)13-25(26)34-29-32-16-23(30)28(35-29)33-24-9-7-8-10-27(24)39(36,37)18(3)4/h7-10,13,15-18,20-21,31H,11-12,14H2,1-6H3,(H2,32,33,34,35)/i12D2,17D,20D. The Morgan fingerprint density at radius 3 is 2.64 bits per heavy atom. The molecule has 8 nitrogen and oxygen atoms in total. The zero-order chi connectivity index (χ0) is 32.0. The van der Waals surface area contributed by atoms with Gasteiger partial charge in [-0.3, -0.25) is 0 Å². The lowest BCUT2D eigenvalue weighted by molar-refractivity contribution is 0.243. The molecule has 2 atom stereocenters. The number of hydrogen-bond donors (Lipinski definition) is 3. The third kappa shape index (κ3) is 6.83. The van der Waals surface area contributed by atoms with Crippen LogP contribution in [0.15, 0.2) is 47.5 Å². The number of nitrogens with zero attached hydrogens (tertiary/aromatic N) is 2. The second-order valence-electron chi connectivity index (χ2n) is 10.1. The zero-order valence-corrected chi connectivity index (χ0v) is 24.6. The van der Waals surface area contributed by atoms with Gasteiger partial charge in [-0.15, -0.1) is 0 Å². The molecule has 0 aliphatic carbocycles. The summed E-state index contributed by atoms with van der Waals surface area (Å²) in [5.41, 5.74) is 2.47. The summed E-state index contributed by atoms with van der Waals surface area (Å²) in [6.45, 7) is 8.27. The maximum absolute atomic E-state index is 13.0. The van der Waals surface area contributed by atoms with E-state index in [1.807, 2.05) is 13.0 Å². The molecule has 0 radical (unpaired) electrons. The third-order valence-electron chi connectivity index (χ3n) is 6.38. The minimum Gasteiger partial charge on any atom is -0.489 e. The molecule has 3 N–H and O–H groups in total. The van der Waals surface area contributed by atoms with Gasteiger partial charge in [-0.2, -0.15) is 4.98 Å². The van der Waals surface area contributed by atoms with Crippen molar-refractivity contribution in [3.05, 3.63) is 58.7 Å². The number of nitrogens with one attached hydrogen (secondary N) is 3. The van der Waals surface area contributed by atoms with E-state index in [1.165, 1.54) is 12.3 Å². The Labute approximate surface area is 242 Å². The molecule has 3 aromatic rings. The van der Waals surface area contributed by atoms with E-state index in [2.05, 4.69) is 25.9 Å². The smallest absolute Gasteiger partial charge is 0.229 e. The van der Waals surface area contributed by atoms with Crippen molar-refractivity contribution in [1.82, 2.24) is 15.3 Å². The van der Waals surface area contributed by atoms with Gasteiger partial charge in [0.2, 0.25) is 5.95 Å². The molecule has 10 heteroatoms.